The van der Waals surface area contributed by atoms with Crippen molar-refractivity contribution in [3.05, 3.63) is 169 Å². The summed E-state index contributed by atoms with van der Waals surface area (Å²) in [6.45, 7) is 0. The first-order chi connectivity index (χ1) is 32.3. The van der Waals surface area contributed by atoms with Crippen molar-refractivity contribution in [1.82, 2.24) is 19.5 Å². The van der Waals surface area contributed by atoms with Gasteiger partial charge < -0.3 is 8.98 Å². The van der Waals surface area contributed by atoms with Gasteiger partial charge in [-0.1, -0.05) is 127 Å². The second kappa shape index (κ2) is 11.4. The van der Waals surface area contributed by atoms with Crippen molar-refractivity contribution in [1.29, 1.82) is 0 Å². The van der Waals surface area contributed by atoms with Gasteiger partial charge in [0.05, 0.1) is 35.7 Å². The average Bonchev–Trinajstić information content (AvgIpc) is 3.92. The number of furan rings is 1. The number of para-hydroxylation sites is 1. The van der Waals surface area contributed by atoms with E-state index in [9.17, 15) is 9.60 Å². The second-order valence-electron chi connectivity index (χ2n) is 11.1. The van der Waals surface area contributed by atoms with Crippen molar-refractivity contribution >= 4 is 43.7 Å². The zero-order chi connectivity index (χ0) is 48.7. The van der Waals surface area contributed by atoms with E-state index in [-0.39, 0.29) is 50.1 Å². The Bertz CT molecular complexity index is 3810. The first-order valence-electron chi connectivity index (χ1n) is 24.2. The van der Waals surface area contributed by atoms with Gasteiger partial charge in [-0.25, -0.2) is 15.0 Å². The first kappa shape index (κ1) is 15.6. The van der Waals surface area contributed by atoms with Crippen LogP contribution in [0.1, 0.15) is 24.7 Å². The summed E-state index contributed by atoms with van der Waals surface area (Å²) in [7, 11) is 0. The van der Waals surface area contributed by atoms with Gasteiger partial charge in [-0.2, -0.15) is 0 Å². The smallest absolute Gasteiger partial charge is 0.164 e. The summed E-state index contributed by atoms with van der Waals surface area (Å²) in [6, 6.07) is 4.57. The maximum Gasteiger partial charge on any atom is 0.164 e. The average molecular weight is 659 g/mol. The minimum absolute atomic E-state index is 0.143. The van der Waals surface area contributed by atoms with Crippen molar-refractivity contribution in [3.8, 4) is 51.0 Å². The van der Waals surface area contributed by atoms with Crippen LogP contribution in [0.4, 0.5) is 0 Å². The van der Waals surface area contributed by atoms with E-state index in [0.29, 0.717) is 11.1 Å². The molecule has 0 spiro atoms. The van der Waals surface area contributed by atoms with Crippen LogP contribution in [0.5, 0.6) is 0 Å². The predicted molar refractivity (Wildman–Crippen MR) is 203 cm³/mol. The summed E-state index contributed by atoms with van der Waals surface area (Å²) in [5.41, 5.74) is -2.86. The van der Waals surface area contributed by atoms with Gasteiger partial charge >= 0.3 is 0 Å². The van der Waals surface area contributed by atoms with E-state index in [4.69, 9.17) is 19.5 Å². The molecule has 234 valence electrons. The minimum atomic E-state index is -0.802. The fourth-order valence-corrected chi connectivity index (χ4v) is 5.75. The third-order valence-corrected chi connectivity index (χ3v) is 8.05. The van der Waals surface area contributed by atoms with Crippen LogP contribution in [0.15, 0.2) is 174 Å². The summed E-state index contributed by atoms with van der Waals surface area (Å²) < 4.78 is 168. The van der Waals surface area contributed by atoms with Gasteiger partial charge in [0.1, 0.15) is 11.2 Å². The van der Waals surface area contributed by atoms with Crippen molar-refractivity contribution in [3.63, 3.8) is 0 Å². The van der Waals surface area contributed by atoms with E-state index in [2.05, 4.69) is 15.0 Å². The molecule has 5 nitrogen and oxygen atoms in total. The van der Waals surface area contributed by atoms with E-state index < -0.39 is 142 Å². The van der Waals surface area contributed by atoms with Crippen molar-refractivity contribution in [2.75, 3.05) is 0 Å². The molecule has 50 heavy (non-hydrogen) atoms. The Hall–Kier alpha value is -6.85. The normalized spacial score (nSPS) is 16.6. The summed E-state index contributed by atoms with van der Waals surface area (Å²) in [6.07, 6.45) is 0. The Kier molecular flexibility index (Phi) is 3.55. The van der Waals surface area contributed by atoms with Gasteiger partial charge in [-0.15, -0.1) is 0 Å². The molecule has 3 aromatic heterocycles. The lowest BCUT2D eigenvalue weighted by molar-refractivity contribution is 0.669. The topological polar surface area (TPSA) is 56.7 Å². The molecule has 0 saturated carbocycles. The van der Waals surface area contributed by atoms with E-state index in [0.717, 1.165) is 4.57 Å². The molecule has 5 heteroatoms. The van der Waals surface area contributed by atoms with Gasteiger partial charge in [0, 0.05) is 50.0 Å². The number of benzene rings is 7. The van der Waals surface area contributed by atoms with Gasteiger partial charge in [0.2, 0.25) is 0 Å². The number of hydrogen-bond donors (Lipinski definition) is 0. The van der Waals surface area contributed by atoms with E-state index in [1.54, 1.807) is 60.7 Å². The van der Waals surface area contributed by atoms with Crippen LogP contribution >= 0.6 is 0 Å². The molecule has 0 N–H and O–H groups in total. The van der Waals surface area contributed by atoms with Crippen LogP contribution in [0.3, 0.4) is 0 Å². The molecule has 0 saturated heterocycles. The van der Waals surface area contributed by atoms with E-state index in [1.165, 1.54) is 0 Å². The highest BCUT2D eigenvalue weighted by molar-refractivity contribution is 6.11. The van der Waals surface area contributed by atoms with Crippen LogP contribution in [0.25, 0.3) is 94.7 Å². The lowest BCUT2D eigenvalue weighted by Gasteiger charge is -2.10. The highest BCUT2D eigenvalue weighted by Crippen LogP contribution is 2.38. The first-order valence-corrected chi connectivity index (χ1v) is 15.2. The van der Waals surface area contributed by atoms with Crippen LogP contribution in [0.2, 0.25) is 0 Å². The second-order valence-corrected chi connectivity index (χ2v) is 11.1. The largest absolute Gasteiger partial charge is 0.456 e. The molecule has 0 atom stereocenters. The number of fused-ring (bicyclic) bond motifs is 6. The molecular weight excluding hydrogens is 613 g/mol. The standard InChI is InChI=1S/C45H28N4O/c1-4-12-29(13-5-1)32-20-24-37-38-25-22-34(28-42(38)50-41(37)27-32)49-39-19-11-10-18-35(39)36-23-21-33(26-40(36)49)45-47-43(30-14-6-2-7-15-30)46-44(48-45)31-16-8-3-9-17-31/h1-28H/i1D,4D,5D,10D,11D,12D,13D,18D,19D,20D,21D,22D,23D,24D,25D,26D,27D,28D. The monoisotopic (exact) mass is 658 g/mol. The maximum atomic E-state index is 9.87. The summed E-state index contributed by atoms with van der Waals surface area (Å²) in [5, 5.41) is -1.42. The van der Waals surface area contributed by atoms with Crippen molar-refractivity contribution in [2.45, 2.75) is 0 Å². The van der Waals surface area contributed by atoms with Crippen LogP contribution in [-0.4, -0.2) is 19.5 Å². The molecule has 10 aromatic rings. The molecule has 0 aliphatic carbocycles. The molecule has 0 aliphatic rings. The predicted octanol–water partition coefficient (Wildman–Crippen LogP) is 11.5. The molecular formula is C45H28N4O. The van der Waals surface area contributed by atoms with Crippen molar-refractivity contribution in [2.24, 2.45) is 0 Å². The Balaban J connectivity index is 1.35. The SMILES string of the molecule is [2H]c1c([2H])c([2H])c(-c2c([2H])c([2H])c3c(oc4c([2H])c(-n5c6c([2H])c([2H])c([2H])c([2H])c6c6c([2H])c([2H])c(-c7nc(-c8ccccc8)nc(-c8ccccc8)n7)c([2H])c65)c([2H])c([2H])c43)c2[2H])c([2H])c1[2H]. The molecule has 0 radical (unpaired) electrons. The zero-order valence-electron chi connectivity index (χ0n) is 43.5. The van der Waals surface area contributed by atoms with Crippen LogP contribution < -0.4 is 0 Å². The maximum absolute atomic E-state index is 9.87. The molecule has 7 aromatic carbocycles. The quantitative estimate of drug-likeness (QED) is 0.185. The molecule has 0 bridgehead atoms. The van der Waals surface area contributed by atoms with Crippen LogP contribution in [-0.2, 0) is 0 Å². The van der Waals surface area contributed by atoms with Gasteiger partial charge in [-0.3, -0.25) is 0 Å². The fraction of sp³-hybridized carbons (Fsp3) is 0. The zero-order valence-corrected chi connectivity index (χ0v) is 25.5. The molecule has 0 unspecified atom stereocenters. The Labute approximate surface area is 313 Å². The molecule has 10 rings (SSSR count). The van der Waals surface area contributed by atoms with Crippen molar-refractivity contribution < 1.29 is 29.1 Å². The molecule has 3 heterocycles. The number of nitrogens with zero attached hydrogens (tertiary/aromatic N) is 4. The van der Waals surface area contributed by atoms with Gasteiger partial charge in [-0.05, 0) is 47.4 Å². The molecule has 0 aliphatic heterocycles. The lowest BCUT2D eigenvalue weighted by atomic mass is 10.0. The highest BCUT2D eigenvalue weighted by atomic mass is 16.3. The Morgan fingerprint density at radius 2 is 0.980 bits per heavy atom. The van der Waals surface area contributed by atoms with Gasteiger partial charge in [0.15, 0.2) is 17.5 Å². The Morgan fingerprint density at radius 3 is 1.70 bits per heavy atom. The number of hydrogen-bond acceptors (Lipinski definition) is 4. The summed E-state index contributed by atoms with van der Waals surface area (Å²) >= 11 is 0. The fourth-order valence-electron chi connectivity index (χ4n) is 5.75. The summed E-state index contributed by atoms with van der Waals surface area (Å²) in [4.78, 5) is 14.0. The summed E-state index contributed by atoms with van der Waals surface area (Å²) in [5.74, 6) is 0.0472. The number of rotatable bonds is 5. The molecule has 0 amide bonds. The highest BCUT2D eigenvalue weighted by Gasteiger charge is 2.18. The number of aromatic nitrogens is 4. The third kappa shape index (κ3) is 4.67. The third-order valence-electron chi connectivity index (χ3n) is 8.05. The van der Waals surface area contributed by atoms with E-state index >= 15 is 0 Å². The molecule has 0 fully saturated rings. The van der Waals surface area contributed by atoms with Gasteiger partial charge in [0.25, 0.3) is 0 Å². The Morgan fingerprint density at radius 1 is 0.420 bits per heavy atom. The van der Waals surface area contributed by atoms with E-state index in [1.807, 2.05) is 0 Å². The lowest BCUT2D eigenvalue weighted by Crippen LogP contribution is -2.00. The minimum Gasteiger partial charge on any atom is -0.456 e. The van der Waals surface area contributed by atoms with Crippen LogP contribution in [0, 0.1) is 0 Å².